The SMILES string of the molecule is Clc1ccc2ccc(P(c3ccccc3)c3ccccc3)cc2c1. The van der Waals surface area contributed by atoms with E-state index < -0.39 is 7.92 Å². The first-order valence-electron chi connectivity index (χ1n) is 7.91. The van der Waals surface area contributed by atoms with Crippen molar-refractivity contribution in [1.29, 1.82) is 0 Å². The Hall–Kier alpha value is -2.14. The summed E-state index contributed by atoms with van der Waals surface area (Å²) in [5.74, 6) is 0. The van der Waals surface area contributed by atoms with E-state index in [0.29, 0.717) is 0 Å². The lowest BCUT2D eigenvalue weighted by atomic mass is 10.1. The van der Waals surface area contributed by atoms with Gasteiger partial charge >= 0.3 is 0 Å². The molecular formula is C22H16ClP. The molecule has 0 aliphatic heterocycles. The van der Waals surface area contributed by atoms with E-state index in [4.69, 9.17) is 11.6 Å². The average molecular weight is 347 g/mol. The Kier molecular flexibility index (Phi) is 4.34. The summed E-state index contributed by atoms with van der Waals surface area (Å²) >= 11 is 6.19. The Labute approximate surface area is 148 Å². The molecule has 0 N–H and O–H groups in total. The van der Waals surface area contributed by atoms with Crippen LogP contribution < -0.4 is 15.9 Å². The zero-order valence-corrected chi connectivity index (χ0v) is 14.7. The maximum Gasteiger partial charge on any atom is 0.0412 e. The van der Waals surface area contributed by atoms with Crippen molar-refractivity contribution in [2.24, 2.45) is 0 Å². The molecule has 4 aromatic rings. The molecule has 0 amide bonds. The predicted octanol–water partition coefficient (Wildman–Crippen LogP) is 5.25. The maximum atomic E-state index is 6.19. The fourth-order valence-electron chi connectivity index (χ4n) is 2.95. The van der Waals surface area contributed by atoms with Gasteiger partial charge in [-0.25, -0.2) is 0 Å². The van der Waals surface area contributed by atoms with Crippen LogP contribution in [0.1, 0.15) is 0 Å². The average Bonchev–Trinajstić information content (AvgIpc) is 2.63. The first kappa shape index (κ1) is 15.4. The van der Waals surface area contributed by atoms with Gasteiger partial charge in [-0.3, -0.25) is 0 Å². The Morgan fingerprint density at radius 2 is 1.08 bits per heavy atom. The highest BCUT2D eigenvalue weighted by Crippen LogP contribution is 2.34. The van der Waals surface area contributed by atoms with Crippen LogP contribution in [0.3, 0.4) is 0 Å². The fraction of sp³-hybridized carbons (Fsp3) is 0. The van der Waals surface area contributed by atoms with E-state index in [1.165, 1.54) is 26.7 Å². The second-order valence-electron chi connectivity index (χ2n) is 5.68. The van der Waals surface area contributed by atoms with Crippen LogP contribution in [0.15, 0.2) is 97.1 Å². The van der Waals surface area contributed by atoms with Crippen molar-refractivity contribution >= 4 is 46.2 Å². The highest BCUT2D eigenvalue weighted by atomic mass is 35.5. The first-order valence-corrected chi connectivity index (χ1v) is 9.63. The molecule has 0 aliphatic carbocycles. The second kappa shape index (κ2) is 6.77. The van der Waals surface area contributed by atoms with Crippen molar-refractivity contribution in [2.45, 2.75) is 0 Å². The van der Waals surface area contributed by atoms with E-state index in [0.717, 1.165) is 5.02 Å². The Morgan fingerprint density at radius 1 is 0.500 bits per heavy atom. The van der Waals surface area contributed by atoms with Crippen LogP contribution in [0.25, 0.3) is 10.8 Å². The van der Waals surface area contributed by atoms with Crippen LogP contribution >= 0.6 is 19.5 Å². The van der Waals surface area contributed by atoms with Crippen molar-refractivity contribution in [3.05, 3.63) is 102 Å². The summed E-state index contributed by atoms with van der Waals surface area (Å²) in [6, 6.07) is 34.3. The molecule has 4 rings (SSSR count). The van der Waals surface area contributed by atoms with Gasteiger partial charge in [-0.15, -0.1) is 0 Å². The summed E-state index contributed by atoms with van der Waals surface area (Å²) < 4.78 is 0. The highest BCUT2D eigenvalue weighted by molar-refractivity contribution is 7.79. The molecule has 0 fully saturated rings. The lowest BCUT2D eigenvalue weighted by Crippen LogP contribution is -2.20. The van der Waals surface area contributed by atoms with Crippen LogP contribution in [-0.4, -0.2) is 0 Å². The minimum absolute atomic E-state index is 0.572. The number of hydrogen-bond donors (Lipinski definition) is 0. The van der Waals surface area contributed by atoms with Gasteiger partial charge in [-0.1, -0.05) is 90.5 Å². The molecule has 24 heavy (non-hydrogen) atoms. The molecule has 0 saturated heterocycles. The van der Waals surface area contributed by atoms with Crippen molar-refractivity contribution in [2.75, 3.05) is 0 Å². The van der Waals surface area contributed by atoms with Crippen LogP contribution in [-0.2, 0) is 0 Å². The minimum atomic E-state index is -0.572. The molecule has 4 aromatic carbocycles. The van der Waals surface area contributed by atoms with Gasteiger partial charge in [0.05, 0.1) is 0 Å². The van der Waals surface area contributed by atoms with Crippen molar-refractivity contribution < 1.29 is 0 Å². The largest absolute Gasteiger partial charge is 0.0843 e. The zero-order chi connectivity index (χ0) is 16.4. The normalized spacial score (nSPS) is 11.1. The topological polar surface area (TPSA) is 0 Å². The molecule has 0 saturated carbocycles. The third kappa shape index (κ3) is 3.08. The zero-order valence-electron chi connectivity index (χ0n) is 13.1. The van der Waals surface area contributed by atoms with Crippen molar-refractivity contribution in [3.8, 4) is 0 Å². The van der Waals surface area contributed by atoms with E-state index in [1.54, 1.807) is 0 Å². The third-order valence-electron chi connectivity index (χ3n) is 4.07. The lowest BCUT2D eigenvalue weighted by Gasteiger charge is -2.19. The van der Waals surface area contributed by atoms with Gasteiger partial charge in [0.2, 0.25) is 0 Å². The van der Waals surface area contributed by atoms with Crippen LogP contribution in [0.4, 0.5) is 0 Å². The van der Waals surface area contributed by atoms with Crippen LogP contribution in [0.2, 0.25) is 5.02 Å². The number of benzene rings is 4. The van der Waals surface area contributed by atoms with Gasteiger partial charge in [0.1, 0.15) is 0 Å². The van der Waals surface area contributed by atoms with Gasteiger partial charge in [0.25, 0.3) is 0 Å². The van der Waals surface area contributed by atoms with Gasteiger partial charge < -0.3 is 0 Å². The molecule has 0 unspecified atom stereocenters. The summed E-state index contributed by atoms with van der Waals surface area (Å²) in [7, 11) is -0.572. The first-order chi connectivity index (χ1) is 11.8. The summed E-state index contributed by atoms with van der Waals surface area (Å²) in [5, 5.41) is 7.26. The van der Waals surface area contributed by atoms with E-state index in [1.807, 2.05) is 12.1 Å². The van der Waals surface area contributed by atoms with Crippen LogP contribution in [0, 0.1) is 0 Å². The molecule has 0 spiro atoms. The minimum Gasteiger partial charge on any atom is -0.0843 e. The number of fused-ring (bicyclic) bond motifs is 1. The van der Waals surface area contributed by atoms with E-state index in [2.05, 4.69) is 84.9 Å². The number of hydrogen-bond acceptors (Lipinski definition) is 0. The second-order valence-corrected chi connectivity index (χ2v) is 8.34. The van der Waals surface area contributed by atoms with Gasteiger partial charge in [-0.2, -0.15) is 0 Å². The van der Waals surface area contributed by atoms with Crippen molar-refractivity contribution in [1.82, 2.24) is 0 Å². The molecule has 0 radical (unpaired) electrons. The Bertz CT molecular complexity index is 925. The van der Waals surface area contributed by atoms with Crippen LogP contribution in [0.5, 0.6) is 0 Å². The molecule has 116 valence electrons. The van der Waals surface area contributed by atoms with E-state index >= 15 is 0 Å². The molecule has 0 aliphatic rings. The Morgan fingerprint density at radius 3 is 1.71 bits per heavy atom. The van der Waals surface area contributed by atoms with E-state index in [9.17, 15) is 0 Å². The maximum absolute atomic E-state index is 6.19. The lowest BCUT2D eigenvalue weighted by molar-refractivity contribution is 1.74. The van der Waals surface area contributed by atoms with Gasteiger partial charge in [-0.05, 0) is 52.8 Å². The number of rotatable bonds is 3. The van der Waals surface area contributed by atoms with Gasteiger partial charge in [0, 0.05) is 5.02 Å². The number of halogens is 1. The van der Waals surface area contributed by atoms with E-state index in [-0.39, 0.29) is 0 Å². The summed E-state index contributed by atoms with van der Waals surface area (Å²) in [4.78, 5) is 0. The molecule has 0 atom stereocenters. The summed E-state index contributed by atoms with van der Waals surface area (Å²) in [5.41, 5.74) is 0. The van der Waals surface area contributed by atoms with Gasteiger partial charge in [0.15, 0.2) is 0 Å². The third-order valence-corrected chi connectivity index (χ3v) is 6.73. The summed E-state index contributed by atoms with van der Waals surface area (Å²) in [6.45, 7) is 0. The van der Waals surface area contributed by atoms with Crippen molar-refractivity contribution in [3.63, 3.8) is 0 Å². The quantitative estimate of drug-likeness (QED) is 0.444. The smallest absolute Gasteiger partial charge is 0.0412 e. The molecule has 0 heterocycles. The molecule has 0 aromatic heterocycles. The highest BCUT2D eigenvalue weighted by Gasteiger charge is 2.16. The summed E-state index contributed by atoms with van der Waals surface area (Å²) in [6.07, 6.45) is 0. The predicted molar refractivity (Wildman–Crippen MR) is 108 cm³/mol. The Balaban J connectivity index is 1.90. The molecule has 2 heteroatoms. The standard InChI is InChI=1S/C22H16ClP/c23-19-13-11-17-12-14-22(16-18(17)15-19)24(20-7-3-1-4-8-20)21-9-5-2-6-10-21/h1-16H. The monoisotopic (exact) mass is 346 g/mol. The molecular weight excluding hydrogens is 331 g/mol. The molecule has 0 bridgehead atoms. The fourth-order valence-corrected chi connectivity index (χ4v) is 5.45. The molecule has 0 nitrogen and oxygen atoms in total.